The second kappa shape index (κ2) is 7.17. The molecule has 0 aliphatic carbocycles. The number of hydrogen-bond donors (Lipinski definition) is 0. The van der Waals surface area contributed by atoms with E-state index in [1.54, 1.807) is 0 Å². The summed E-state index contributed by atoms with van der Waals surface area (Å²) in [6, 6.07) is 8.82. The van der Waals surface area contributed by atoms with Crippen LogP contribution in [0.5, 0.6) is 0 Å². The highest BCUT2D eigenvalue weighted by Crippen LogP contribution is 2.21. The molecule has 0 aromatic heterocycles. The second-order valence-electron chi connectivity index (χ2n) is 6.92. The van der Waals surface area contributed by atoms with Crippen molar-refractivity contribution >= 4 is 11.6 Å². The third kappa shape index (κ3) is 3.82. The number of nitrogens with zero attached hydrogens (tertiary/aromatic N) is 2. The minimum absolute atomic E-state index is 0.329. The minimum atomic E-state index is 0.329. The van der Waals surface area contributed by atoms with Gasteiger partial charge in [0.05, 0.1) is 0 Å². The van der Waals surface area contributed by atoms with Gasteiger partial charge in [-0.2, -0.15) is 0 Å². The number of aryl methyl sites for hydroxylation is 1. The van der Waals surface area contributed by atoms with Crippen molar-refractivity contribution in [2.75, 3.05) is 31.1 Å². The zero-order valence-corrected chi connectivity index (χ0v) is 13.8. The van der Waals surface area contributed by atoms with Crippen LogP contribution in [0.4, 0.5) is 5.69 Å². The van der Waals surface area contributed by atoms with Gasteiger partial charge in [0, 0.05) is 38.3 Å². The van der Waals surface area contributed by atoms with E-state index in [-0.39, 0.29) is 0 Å². The van der Waals surface area contributed by atoms with E-state index in [0.29, 0.717) is 12.3 Å². The van der Waals surface area contributed by atoms with Gasteiger partial charge in [-0.1, -0.05) is 19.1 Å². The first-order valence-electron chi connectivity index (χ1n) is 8.84. The van der Waals surface area contributed by atoms with Crippen LogP contribution in [-0.4, -0.2) is 37.0 Å². The highest BCUT2D eigenvalue weighted by molar-refractivity contribution is 5.76. The molecule has 0 N–H and O–H groups in total. The standard InChI is InChI=1S/C19H28N2O/c1-16-10-14-21(15-11-16)19(22)9-6-17-4-7-18(8-5-17)20-12-2-3-13-20/h4-5,7-8,16H,2-3,6,9-15H2,1H3. The van der Waals surface area contributed by atoms with Gasteiger partial charge >= 0.3 is 0 Å². The Kier molecular flexibility index (Phi) is 5.01. The Labute approximate surface area is 134 Å². The van der Waals surface area contributed by atoms with E-state index in [2.05, 4.69) is 41.0 Å². The van der Waals surface area contributed by atoms with Crippen molar-refractivity contribution < 1.29 is 4.79 Å². The summed E-state index contributed by atoms with van der Waals surface area (Å²) in [5.41, 5.74) is 2.61. The summed E-state index contributed by atoms with van der Waals surface area (Å²) >= 11 is 0. The van der Waals surface area contributed by atoms with E-state index in [4.69, 9.17) is 0 Å². The Morgan fingerprint density at radius 1 is 1.05 bits per heavy atom. The maximum absolute atomic E-state index is 12.3. The van der Waals surface area contributed by atoms with Gasteiger partial charge in [-0.05, 0) is 55.7 Å². The Morgan fingerprint density at radius 2 is 1.68 bits per heavy atom. The predicted molar refractivity (Wildman–Crippen MR) is 91.2 cm³/mol. The van der Waals surface area contributed by atoms with Gasteiger partial charge in [0.2, 0.25) is 5.91 Å². The summed E-state index contributed by atoms with van der Waals surface area (Å²) in [6.07, 6.45) is 6.46. The molecule has 0 atom stereocenters. The maximum Gasteiger partial charge on any atom is 0.222 e. The van der Waals surface area contributed by atoms with Gasteiger partial charge in [-0.3, -0.25) is 4.79 Å². The highest BCUT2D eigenvalue weighted by Gasteiger charge is 2.19. The first kappa shape index (κ1) is 15.4. The number of benzene rings is 1. The number of amides is 1. The lowest BCUT2D eigenvalue weighted by molar-refractivity contribution is -0.132. The maximum atomic E-state index is 12.3. The van der Waals surface area contributed by atoms with Gasteiger partial charge in [0.15, 0.2) is 0 Å². The molecule has 1 aromatic carbocycles. The molecule has 2 heterocycles. The van der Waals surface area contributed by atoms with Crippen LogP contribution in [0.25, 0.3) is 0 Å². The monoisotopic (exact) mass is 300 g/mol. The van der Waals surface area contributed by atoms with E-state index >= 15 is 0 Å². The van der Waals surface area contributed by atoms with Crippen molar-refractivity contribution in [3.05, 3.63) is 29.8 Å². The number of anilines is 1. The quantitative estimate of drug-likeness (QED) is 0.850. The zero-order valence-electron chi connectivity index (χ0n) is 13.8. The predicted octanol–water partition coefficient (Wildman–Crippen LogP) is 3.48. The van der Waals surface area contributed by atoms with Crippen LogP contribution < -0.4 is 4.90 Å². The van der Waals surface area contributed by atoms with Gasteiger partial charge < -0.3 is 9.80 Å². The largest absolute Gasteiger partial charge is 0.372 e. The van der Waals surface area contributed by atoms with E-state index in [1.807, 2.05) is 0 Å². The van der Waals surface area contributed by atoms with Crippen LogP contribution in [0.15, 0.2) is 24.3 Å². The van der Waals surface area contributed by atoms with Gasteiger partial charge in [-0.15, -0.1) is 0 Å². The molecular formula is C19H28N2O. The van der Waals surface area contributed by atoms with Crippen LogP contribution in [0.3, 0.4) is 0 Å². The molecule has 3 rings (SSSR count). The fourth-order valence-electron chi connectivity index (χ4n) is 3.52. The second-order valence-corrected chi connectivity index (χ2v) is 6.92. The Bertz CT molecular complexity index is 483. The molecule has 0 bridgehead atoms. The van der Waals surface area contributed by atoms with E-state index in [1.165, 1.54) is 37.2 Å². The number of hydrogen-bond acceptors (Lipinski definition) is 2. The number of piperidine rings is 1. The molecular weight excluding hydrogens is 272 g/mol. The molecule has 2 aliphatic rings. The van der Waals surface area contributed by atoms with E-state index in [0.717, 1.165) is 38.3 Å². The number of rotatable bonds is 4. The van der Waals surface area contributed by atoms with Gasteiger partial charge in [0.25, 0.3) is 0 Å². The molecule has 1 amide bonds. The normalized spacial score (nSPS) is 19.7. The third-order valence-corrected chi connectivity index (χ3v) is 5.17. The summed E-state index contributed by atoms with van der Waals surface area (Å²) < 4.78 is 0. The Balaban J connectivity index is 1.47. The van der Waals surface area contributed by atoms with Crippen LogP contribution in [-0.2, 0) is 11.2 Å². The van der Waals surface area contributed by atoms with Crippen molar-refractivity contribution in [1.82, 2.24) is 4.90 Å². The number of carbonyl (C=O) groups excluding carboxylic acids is 1. The average Bonchev–Trinajstić information content (AvgIpc) is 3.08. The van der Waals surface area contributed by atoms with Gasteiger partial charge in [0.1, 0.15) is 0 Å². The summed E-state index contributed by atoms with van der Waals surface area (Å²) in [5.74, 6) is 1.11. The molecule has 0 saturated carbocycles. The lowest BCUT2D eigenvalue weighted by Gasteiger charge is -2.30. The number of carbonyl (C=O) groups is 1. The van der Waals surface area contributed by atoms with Crippen molar-refractivity contribution in [3.8, 4) is 0 Å². The first-order valence-corrected chi connectivity index (χ1v) is 8.84. The van der Waals surface area contributed by atoms with Crippen LogP contribution in [0.1, 0.15) is 44.6 Å². The summed E-state index contributed by atoms with van der Waals surface area (Å²) in [7, 11) is 0. The molecule has 2 aliphatic heterocycles. The summed E-state index contributed by atoms with van der Waals surface area (Å²) in [6.45, 7) is 6.56. The van der Waals surface area contributed by atoms with Crippen molar-refractivity contribution in [2.45, 2.75) is 45.4 Å². The minimum Gasteiger partial charge on any atom is -0.372 e. The molecule has 1 aromatic rings. The van der Waals surface area contributed by atoms with Gasteiger partial charge in [-0.25, -0.2) is 0 Å². The van der Waals surface area contributed by atoms with E-state index in [9.17, 15) is 4.79 Å². The molecule has 22 heavy (non-hydrogen) atoms. The zero-order chi connectivity index (χ0) is 15.4. The van der Waals surface area contributed by atoms with Crippen LogP contribution in [0, 0.1) is 5.92 Å². The Hall–Kier alpha value is -1.51. The lowest BCUT2D eigenvalue weighted by atomic mass is 9.98. The molecule has 2 saturated heterocycles. The molecule has 120 valence electrons. The SMILES string of the molecule is CC1CCN(C(=O)CCc2ccc(N3CCCC3)cc2)CC1. The van der Waals surface area contributed by atoms with Crippen molar-refractivity contribution in [3.63, 3.8) is 0 Å². The fourth-order valence-corrected chi connectivity index (χ4v) is 3.52. The summed E-state index contributed by atoms with van der Waals surface area (Å²) in [4.78, 5) is 16.8. The fraction of sp³-hybridized carbons (Fsp3) is 0.632. The smallest absolute Gasteiger partial charge is 0.222 e. The average molecular weight is 300 g/mol. The van der Waals surface area contributed by atoms with Crippen molar-refractivity contribution in [2.24, 2.45) is 5.92 Å². The molecule has 3 nitrogen and oxygen atoms in total. The first-order chi connectivity index (χ1) is 10.7. The molecule has 0 radical (unpaired) electrons. The highest BCUT2D eigenvalue weighted by atomic mass is 16.2. The molecule has 3 heteroatoms. The molecule has 0 unspecified atom stereocenters. The molecule has 2 fully saturated rings. The third-order valence-electron chi connectivity index (χ3n) is 5.17. The Morgan fingerprint density at radius 3 is 2.32 bits per heavy atom. The number of likely N-dealkylation sites (tertiary alicyclic amines) is 1. The topological polar surface area (TPSA) is 23.6 Å². The van der Waals surface area contributed by atoms with E-state index < -0.39 is 0 Å². The van der Waals surface area contributed by atoms with Crippen LogP contribution >= 0.6 is 0 Å². The lowest BCUT2D eigenvalue weighted by Crippen LogP contribution is -2.37. The summed E-state index contributed by atoms with van der Waals surface area (Å²) in [5, 5.41) is 0. The van der Waals surface area contributed by atoms with Crippen molar-refractivity contribution in [1.29, 1.82) is 0 Å². The molecule has 0 spiro atoms. The van der Waals surface area contributed by atoms with Crippen LogP contribution in [0.2, 0.25) is 0 Å².